The zero-order valence-corrected chi connectivity index (χ0v) is 12.6. The van der Waals surface area contributed by atoms with Crippen LogP contribution in [-0.2, 0) is 4.79 Å². The van der Waals surface area contributed by atoms with E-state index in [0.29, 0.717) is 24.8 Å². The van der Waals surface area contributed by atoms with Crippen molar-refractivity contribution in [1.29, 1.82) is 0 Å². The Hall–Kier alpha value is -1.22. The summed E-state index contributed by atoms with van der Waals surface area (Å²) in [7, 11) is 0. The van der Waals surface area contributed by atoms with E-state index >= 15 is 0 Å². The van der Waals surface area contributed by atoms with Gasteiger partial charge < -0.3 is 10.1 Å². The van der Waals surface area contributed by atoms with Crippen LogP contribution >= 0.6 is 11.6 Å². The number of amides is 1. The second-order valence-electron chi connectivity index (χ2n) is 4.97. The van der Waals surface area contributed by atoms with Crippen LogP contribution in [0.25, 0.3) is 0 Å². The molecule has 0 aromatic heterocycles. The summed E-state index contributed by atoms with van der Waals surface area (Å²) in [6, 6.07) is 5.76. The molecule has 0 aliphatic rings. The van der Waals surface area contributed by atoms with E-state index in [-0.39, 0.29) is 5.91 Å². The first-order valence-corrected chi connectivity index (χ1v) is 7.16. The Balaban J connectivity index is 2.74. The number of alkyl halides is 1. The summed E-state index contributed by atoms with van der Waals surface area (Å²) in [4.78, 5) is 11.6. The van der Waals surface area contributed by atoms with Gasteiger partial charge in [-0.1, -0.05) is 26.0 Å². The van der Waals surface area contributed by atoms with Crippen LogP contribution in [0, 0.1) is 12.8 Å². The number of hydrogen-bond donors (Lipinski definition) is 1. The molecule has 0 atom stereocenters. The van der Waals surface area contributed by atoms with Gasteiger partial charge in [0, 0.05) is 12.3 Å². The SMILES string of the molecule is Cc1cccc(OCCC(C)C)c1NC(=O)CCCl. The van der Waals surface area contributed by atoms with Crippen LogP contribution in [-0.4, -0.2) is 18.4 Å². The first-order chi connectivity index (χ1) is 9.04. The van der Waals surface area contributed by atoms with E-state index in [1.807, 2.05) is 25.1 Å². The van der Waals surface area contributed by atoms with E-state index < -0.39 is 0 Å². The van der Waals surface area contributed by atoms with Crippen LogP contribution in [0.3, 0.4) is 0 Å². The molecule has 0 saturated carbocycles. The molecule has 106 valence electrons. The number of carbonyl (C=O) groups is 1. The smallest absolute Gasteiger partial charge is 0.225 e. The van der Waals surface area contributed by atoms with E-state index in [9.17, 15) is 4.79 Å². The summed E-state index contributed by atoms with van der Waals surface area (Å²) >= 11 is 5.57. The van der Waals surface area contributed by atoms with Crippen LogP contribution in [0.15, 0.2) is 18.2 Å². The zero-order valence-electron chi connectivity index (χ0n) is 11.8. The third kappa shape index (κ3) is 5.52. The van der Waals surface area contributed by atoms with Gasteiger partial charge in [0.05, 0.1) is 12.3 Å². The van der Waals surface area contributed by atoms with Crippen molar-refractivity contribution in [3.8, 4) is 5.75 Å². The maximum atomic E-state index is 11.6. The molecule has 0 aliphatic heterocycles. The molecule has 3 nitrogen and oxygen atoms in total. The van der Waals surface area contributed by atoms with Crippen molar-refractivity contribution in [3.05, 3.63) is 23.8 Å². The van der Waals surface area contributed by atoms with Crippen molar-refractivity contribution in [2.45, 2.75) is 33.6 Å². The van der Waals surface area contributed by atoms with Crippen molar-refractivity contribution < 1.29 is 9.53 Å². The molecule has 0 bridgehead atoms. The van der Waals surface area contributed by atoms with E-state index in [0.717, 1.165) is 23.4 Å². The van der Waals surface area contributed by atoms with Gasteiger partial charge >= 0.3 is 0 Å². The number of benzene rings is 1. The van der Waals surface area contributed by atoms with Crippen molar-refractivity contribution in [2.75, 3.05) is 17.8 Å². The monoisotopic (exact) mass is 283 g/mol. The molecule has 0 aliphatic carbocycles. The minimum Gasteiger partial charge on any atom is -0.491 e. The molecule has 1 aromatic carbocycles. The van der Waals surface area contributed by atoms with Crippen LogP contribution in [0.4, 0.5) is 5.69 Å². The van der Waals surface area contributed by atoms with Gasteiger partial charge in [0.25, 0.3) is 0 Å². The fourth-order valence-corrected chi connectivity index (χ4v) is 1.79. The average Bonchev–Trinajstić information content (AvgIpc) is 2.33. The summed E-state index contributed by atoms with van der Waals surface area (Å²) in [6.07, 6.45) is 1.30. The lowest BCUT2D eigenvalue weighted by Crippen LogP contribution is -2.14. The molecule has 0 heterocycles. The topological polar surface area (TPSA) is 38.3 Å². The zero-order chi connectivity index (χ0) is 14.3. The number of para-hydroxylation sites is 1. The lowest BCUT2D eigenvalue weighted by Gasteiger charge is -2.15. The Morgan fingerprint density at radius 3 is 2.79 bits per heavy atom. The summed E-state index contributed by atoms with van der Waals surface area (Å²) in [5.74, 6) is 1.56. The maximum Gasteiger partial charge on any atom is 0.225 e. The van der Waals surface area contributed by atoms with E-state index in [4.69, 9.17) is 16.3 Å². The van der Waals surface area contributed by atoms with E-state index in [1.54, 1.807) is 0 Å². The van der Waals surface area contributed by atoms with Gasteiger partial charge in [-0.25, -0.2) is 0 Å². The fourth-order valence-electron chi connectivity index (χ4n) is 1.61. The fraction of sp³-hybridized carbons (Fsp3) is 0.533. The number of ether oxygens (including phenoxy) is 1. The van der Waals surface area contributed by atoms with Gasteiger partial charge in [0.15, 0.2) is 0 Å². The van der Waals surface area contributed by atoms with Crippen LogP contribution in [0.2, 0.25) is 0 Å². The highest BCUT2D eigenvalue weighted by atomic mass is 35.5. The molecule has 0 radical (unpaired) electrons. The minimum absolute atomic E-state index is 0.0852. The van der Waals surface area contributed by atoms with Gasteiger partial charge in [0.2, 0.25) is 5.91 Å². The summed E-state index contributed by atoms with van der Waals surface area (Å²) in [6.45, 7) is 6.91. The molecule has 4 heteroatoms. The normalized spacial score (nSPS) is 10.6. The number of carbonyl (C=O) groups excluding carboxylic acids is 1. The first kappa shape index (κ1) is 15.8. The number of aryl methyl sites for hydroxylation is 1. The first-order valence-electron chi connectivity index (χ1n) is 6.62. The highest BCUT2D eigenvalue weighted by Gasteiger charge is 2.10. The highest BCUT2D eigenvalue weighted by Crippen LogP contribution is 2.28. The molecule has 0 unspecified atom stereocenters. The molecule has 1 amide bonds. The Labute approximate surface area is 120 Å². The second kappa shape index (κ2) is 8.05. The third-order valence-corrected chi connectivity index (χ3v) is 2.96. The third-order valence-electron chi connectivity index (χ3n) is 2.77. The van der Waals surface area contributed by atoms with Crippen molar-refractivity contribution in [1.82, 2.24) is 0 Å². The predicted molar refractivity (Wildman–Crippen MR) is 80.1 cm³/mol. The molecule has 1 aromatic rings. The van der Waals surface area contributed by atoms with Gasteiger partial charge in [-0.2, -0.15) is 0 Å². The van der Waals surface area contributed by atoms with Crippen LogP contribution in [0.1, 0.15) is 32.3 Å². The lowest BCUT2D eigenvalue weighted by atomic mass is 10.1. The largest absolute Gasteiger partial charge is 0.491 e. The van der Waals surface area contributed by atoms with Gasteiger partial charge in [-0.15, -0.1) is 11.6 Å². The molecule has 1 rings (SSSR count). The highest BCUT2D eigenvalue weighted by molar-refractivity contribution is 6.19. The van der Waals surface area contributed by atoms with Crippen molar-refractivity contribution >= 4 is 23.2 Å². The average molecular weight is 284 g/mol. The van der Waals surface area contributed by atoms with Gasteiger partial charge in [-0.05, 0) is 30.9 Å². The standard InChI is InChI=1S/C15H22ClNO2/c1-11(2)8-10-19-13-6-4-5-12(3)15(13)17-14(18)7-9-16/h4-6,11H,7-10H2,1-3H3,(H,17,18). The van der Waals surface area contributed by atoms with Gasteiger partial charge in [-0.3, -0.25) is 4.79 Å². The van der Waals surface area contributed by atoms with Crippen LogP contribution < -0.4 is 10.1 Å². The van der Waals surface area contributed by atoms with Crippen molar-refractivity contribution in [3.63, 3.8) is 0 Å². The summed E-state index contributed by atoms with van der Waals surface area (Å²) < 4.78 is 5.76. The Kier molecular flexibility index (Phi) is 6.71. The predicted octanol–water partition coefficient (Wildman–Crippen LogP) is 3.99. The molecule has 1 N–H and O–H groups in total. The number of hydrogen-bond acceptors (Lipinski definition) is 2. The number of halogens is 1. The number of rotatable bonds is 7. The number of anilines is 1. The molecule has 0 saturated heterocycles. The van der Waals surface area contributed by atoms with E-state index in [1.165, 1.54) is 0 Å². The summed E-state index contributed by atoms with van der Waals surface area (Å²) in [5.41, 5.74) is 1.74. The Morgan fingerprint density at radius 2 is 2.16 bits per heavy atom. The molecular formula is C15H22ClNO2. The maximum absolute atomic E-state index is 11.6. The minimum atomic E-state index is -0.0852. The second-order valence-corrected chi connectivity index (χ2v) is 5.34. The molecule has 19 heavy (non-hydrogen) atoms. The molecular weight excluding hydrogens is 262 g/mol. The Morgan fingerprint density at radius 1 is 1.42 bits per heavy atom. The molecule has 0 spiro atoms. The van der Waals surface area contributed by atoms with Crippen molar-refractivity contribution in [2.24, 2.45) is 5.92 Å². The van der Waals surface area contributed by atoms with Gasteiger partial charge in [0.1, 0.15) is 5.75 Å². The summed E-state index contributed by atoms with van der Waals surface area (Å²) in [5, 5.41) is 2.87. The quantitative estimate of drug-likeness (QED) is 0.769. The van der Waals surface area contributed by atoms with Crippen LogP contribution in [0.5, 0.6) is 5.75 Å². The number of nitrogens with one attached hydrogen (secondary N) is 1. The Bertz CT molecular complexity index is 419. The van der Waals surface area contributed by atoms with E-state index in [2.05, 4.69) is 19.2 Å². The lowest BCUT2D eigenvalue weighted by molar-refractivity contribution is -0.115. The molecule has 0 fully saturated rings.